The van der Waals surface area contributed by atoms with Crippen molar-refractivity contribution < 1.29 is 148 Å². The van der Waals surface area contributed by atoms with Gasteiger partial charge in [0.1, 0.15) is 23.7 Å². The number of nitrogens with zero attached hydrogens (tertiary/aromatic N) is 6. The molecule has 1 aliphatic heterocycles. The summed E-state index contributed by atoms with van der Waals surface area (Å²) in [6.07, 6.45) is 3.42. The number of sulfonamides is 1. The van der Waals surface area contributed by atoms with Gasteiger partial charge in [0.25, 0.3) is 5.91 Å². The van der Waals surface area contributed by atoms with E-state index in [1.165, 1.54) is 20.9 Å². The van der Waals surface area contributed by atoms with Gasteiger partial charge in [-0.15, -0.1) is 0 Å². The summed E-state index contributed by atoms with van der Waals surface area (Å²) in [6, 6.07) is 2.99. The molecule has 5 rings (SSSR count). The fourth-order valence-corrected chi connectivity index (χ4v) is 13.0. The van der Waals surface area contributed by atoms with Gasteiger partial charge in [-0.25, -0.2) is 13.4 Å². The number of aryl methyl sites for hydroxylation is 4. The van der Waals surface area contributed by atoms with Gasteiger partial charge in [-0.05, 0) is 68.9 Å². The fourth-order valence-electron chi connectivity index (χ4n) is 11.3. The van der Waals surface area contributed by atoms with Crippen molar-refractivity contribution in [1.82, 2.24) is 70.8 Å². The number of nitrogens with one attached hydrogen (secondary N) is 9. The van der Waals surface area contributed by atoms with E-state index in [9.17, 15) is 101 Å². The van der Waals surface area contributed by atoms with E-state index in [2.05, 4.69) is 51.9 Å². The Kier molecular flexibility index (Phi) is 40.6. The van der Waals surface area contributed by atoms with Gasteiger partial charge in [-0.2, -0.15) is 4.72 Å². The van der Waals surface area contributed by atoms with Crippen molar-refractivity contribution in [3.63, 3.8) is 0 Å². The van der Waals surface area contributed by atoms with Crippen LogP contribution in [-0.4, -0.2) is 307 Å². The molecule has 41 heteroatoms. The molecule has 2 aromatic heterocycles. The van der Waals surface area contributed by atoms with E-state index in [1.807, 2.05) is 0 Å². The number of aromatic amines is 1. The minimum absolute atomic E-state index is 0. The predicted molar refractivity (Wildman–Crippen MR) is 380 cm³/mol. The van der Waals surface area contributed by atoms with Crippen molar-refractivity contribution in [3.05, 3.63) is 87.0 Å². The molecule has 2 aromatic carbocycles. The zero-order valence-corrected chi connectivity index (χ0v) is 62.6. The van der Waals surface area contributed by atoms with Gasteiger partial charge in [-0.3, -0.25) is 81.9 Å². The number of aliphatic carboxylic acids is 6. The Morgan fingerprint density at radius 1 is 0.565 bits per heavy atom. The van der Waals surface area contributed by atoms with E-state index in [-0.39, 0.29) is 203 Å². The molecule has 1 radical (unpaired) electrons. The molecule has 0 aliphatic carbocycles. The number of carbonyl (C=O) groups is 12. The standard InChI is InChI=1S/C67H97N15O24S.Lu/c1-43-31-44(2)62(45(3)32-43)107(102,103)77-51(66(100)101)37-73-63(97)48-38-82(52-33-46(7-8-47(52)61(48)96)36-74-67-71-14-15-72-67)16-4-11-68-53(83)9-10-54(84)69-12-5-25-104-27-29-106-30-28-105-26-6-13-70-64(98)49(34-56(86)87)76-65(99)50(35-57(88)89)75-55(85)39-78-17-19-79(40-58(90)91)21-23-81(42-60(94)95)24-22-80(20-18-78)41-59(92)93;/h7-8,14-15,31-33,38,49-51,77H,4-6,9-13,16-30,34-37,39-42H2,1-3H3,(H,68,83)(H,69,84)(H,70,98)(H,73,97)(H,75,85)(H,76,99)(H,86,87)(H,88,89)(H,90,91)(H,92,93)(H,94,95)(H,100,101)(H2,71,72,74);/i;1+2. The van der Waals surface area contributed by atoms with Crippen LogP contribution in [0.1, 0.15) is 77.6 Å². The third kappa shape index (κ3) is 34.2. The molecule has 3 heterocycles. The number of imidazole rings is 1. The second-order valence-corrected chi connectivity index (χ2v) is 26.9. The van der Waals surface area contributed by atoms with Crippen molar-refractivity contribution in [3.8, 4) is 0 Å². The van der Waals surface area contributed by atoms with Gasteiger partial charge in [0, 0.05) is 179 Å². The molecule has 15 N–H and O–H groups in total. The van der Waals surface area contributed by atoms with Crippen LogP contribution in [0.15, 0.2) is 58.6 Å². The van der Waals surface area contributed by atoms with E-state index in [1.54, 1.807) is 73.0 Å². The van der Waals surface area contributed by atoms with E-state index in [4.69, 9.17) is 14.2 Å². The average molecular weight is 1710 g/mol. The number of carboxylic acids is 6. The van der Waals surface area contributed by atoms with Crippen LogP contribution in [0.25, 0.3) is 10.9 Å². The first-order valence-corrected chi connectivity index (χ1v) is 36.0. The molecule has 3 atom stereocenters. The Morgan fingerprint density at radius 3 is 1.53 bits per heavy atom. The van der Waals surface area contributed by atoms with E-state index in [0.29, 0.717) is 42.0 Å². The number of hydrogen-bond acceptors (Lipinski definition) is 24. The van der Waals surface area contributed by atoms with Crippen LogP contribution < -0.4 is 47.4 Å². The van der Waals surface area contributed by atoms with Crippen molar-refractivity contribution in [2.75, 3.05) is 150 Å². The first-order valence-electron chi connectivity index (χ1n) is 34.5. The molecule has 605 valence electrons. The normalized spacial score (nSPS) is 14.3. The quantitative estimate of drug-likeness (QED) is 0.0198. The van der Waals surface area contributed by atoms with E-state index < -0.39 is 138 Å². The number of hydrogen-bond donors (Lipinski definition) is 15. The van der Waals surface area contributed by atoms with Crippen LogP contribution in [0.5, 0.6) is 0 Å². The Labute approximate surface area is 651 Å². The summed E-state index contributed by atoms with van der Waals surface area (Å²) in [5.41, 5.74) is 1.80. The van der Waals surface area contributed by atoms with Crippen LogP contribution in [0.3, 0.4) is 0 Å². The largest absolute Gasteiger partial charge is 0.481 e. The average Bonchev–Trinajstić information content (AvgIpc) is 0.810. The van der Waals surface area contributed by atoms with Crippen LogP contribution in [0.2, 0.25) is 0 Å². The summed E-state index contributed by atoms with van der Waals surface area (Å²) in [6.45, 7) is 5.23. The van der Waals surface area contributed by atoms with Crippen LogP contribution in [0.4, 0.5) is 5.95 Å². The first-order chi connectivity index (χ1) is 50.9. The van der Waals surface area contributed by atoms with E-state index >= 15 is 0 Å². The van der Waals surface area contributed by atoms with Crippen LogP contribution in [-0.2, 0) is 90.1 Å². The van der Waals surface area contributed by atoms with Crippen LogP contribution in [0, 0.1) is 57.6 Å². The Hall–Kier alpha value is -8.84. The summed E-state index contributed by atoms with van der Waals surface area (Å²) in [5.74, 6) is -12.3. The third-order valence-corrected chi connectivity index (χ3v) is 18.2. The smallest absolute Gasteiger partial charge is 0.323 e. The molecule has 0 bridgehead atoms. The van der Waals surface area contributed by atoms with Gasteiger partial charge in [0.2, 0.25) is 45.0 Å². The fraction of sp³-hybridized carbons (Fsp3) is 0.552. The summed E-state index contributed by atoms with van der Waals surface area (Å²) in [4.78, 5) is 177. The molecule has 108 heavy (non-hydrogen) atoms. The second-order valence-electron chi connectivity index (χ2n) is 25.2. The minimum Gasteiger partial charge on any atom is -0.481 e. The maximum Gasteiger partial charge on any atom is 0.323 e. The molecule has 1 saturated heterocycles. The van der Waals surface area contributed by atoms with Gasteiger partial charge in [0.15, 0.2) is 5.95 Å². The summed E-state index contributed by atoms with van der Waals surface area (Å²) < 4.78 is 47.3. The molecule has 0 spiro atoms. The van der Waals surface area contributed by atoms with E-state index in [0.717, 1.165) is 11.1 Å². The van der Waals surface area contributed by atoms with Crippen molar-refractivity contribution in [1.29, 1.82) is 0 Å². The number of carboxylic acid groups (broad SMARTS) is 6. The molecule has 6 amide bonds. The molecular formula is C67H97LuN15O24S. The maximum absolute atomic E-state index is 13.9. The number of carbonyl (C=O) groups excluding carboxylic acids is 6. The van der Waals surface area contributed by atoms with Crippen LogP contribution >= 0.6 is 0 Å². The molecule has 4 aromatic rings. The number of H-pyrrole nitrogens is 1. The second kappa shape index (κ2) is 47.9. The number of fused-ring (bicyclic) bond motifs is 1. The summed E-state index contributed by atoms with van der Waals surface area (Å²) in [7, 11) is -4.38. The monoisotopic (exact) mass is 1700 g/mol. The van der Waals surface area contributed by atoms with Gasteiger partial charge >= 0.3 is 35.8 Å². The molecule has 1 aliphatic rings. The molecular weight excluding hydrogens is 1610 g/mol. The Balaban J connectivity index is 0.0000246. The summed E-state index contributed by atoms with van der Waals surface area (Å²) in [5, 5.41) is 75.9. The first kappa shape index (κ1) is 91.6. The van der Waals surface area contributed by atoms with Gasteiger partial charge in [0.05, 0.1) is 75.9 Å². The maximum atomic E-state index is 13.9. The van der Waals surface area contributed by atoms with Gasteiger partial charge in [-0.1, -0.05) is 23.8 Å². The molecule has 3 unspecified atom stereocenters. The number of benzene rings is 2. The zero-order valence-electron chi connectivity index (χ0n) is 60.2. The molecule has 0 saturated carbocycles. The van der Waals surface area contributed by atoms with Crippen molar-refractivity contribution in [2.45, 2.75) is 102 Å². The SMILES string of the molecule is Cc1cc(C)c(S(=O)(=O)NC(CNC(=O)c2cn(CCCNC(=O)CCC(=O)NCCCOCCOCCOCCCNC(=O)C(CC(=O)O)NC(=O)C(CC(=O)O)NC(=O)CN3CCN(CC(=O)O)CCN(CC(=O)O)CCN(CC(=O)O)CC3)c3cc(CNc4ncc[nH]4)ccc3c2=O)C(=O)O)c(C)c1.[177Lu]. The number of rotatable bonds is 47. The van der Waals surface area contributed by atoms with Crippen molar-refractivity contribution >= 4 is 98.1 Å². The Bertz CT molecular complexity index is 3830. The predicted octanol–water partition coefficient (Wildman–Crippen LogP) is -2.83. The third-order valence-electron chi connectivity index (χ3n) is 16.5. The topological polar surface area (TPSA) is 548 Å². The van der Waals surface area contributed by atoms with Crippen molar-refractivity contribution in [2.24, 2.45) is 0 Å². The number of amides is 6. The number of aromatic nitrogens is 3. The molecule has 39 nitrogen and oxygen atoms in total. The van der Waals surface area contributed by atoms with Gasteiger partial charge < -0.3 is 91.6 Å². The number of pyridine rings is 1. The molecule has 1 fully saturated rings. The zero-order chi connectivity index (χ0) is 78.6. The number of anilines is 1. The Morgan fingerprint density at radius 2 is 1.05 bits per heavy atom. The number of ether oxygens (including phenoxy) is 3. The minimum atomic E-state index is -4.38. The summed E-state index contributed by atoms with van der Waals surface area (Å²) >= 11 is 0.